The summed E-state index contributed by atoms with van der Waals surface area (Å²) in [7, 11) is 0. The summed E-state index contributed by atoms with van der Waals surface area (Å²) in [5.74, 6) is 0.0147. The van der Waals surface area contributed by atoms with E-state index in [9.17, 15) is 9.59 Å². The lowest BCUT2D eigenvalue weighted by Crippen LogP contribution is -2.56. The molecule has 2 heterocycles. The molecule has 6 nitrogen and oxygen atoms in total. The molecule has 1 aliphatic rings. The van der Waals surface area contributed by atoms with Crippen molar-refractivity contribution in [2.75, 3.05) is 18.0 Å². The van der Waals surface area contributed by atoms with E-state index in [1.807, 2.05) is 47.9 Å². The Labute approximate surface area is 145 Å². The zero-order valence-corrected chi connectivity index (χ0v) is 14.4. The van der Waals surface area contributed by atoms with Crippen LogP contribution in [0.4, 0.5) is 5.69 Å². The Morgan fingerprint density at radius 3 is 2.79 bits per heavy atom. The first-order chi connectivity index (χ1) is 11.5. The van der Waals surface area contributed by atoms with Gasteiger partial charge in [-0.2, -0.15) is 5.10 Å². The van der Waals surface area contributed by atoms with E-state index in [-0.39, 0.29) is 10.9 Å². The van der Waals surface area contributed by atoms with Crippen LogP contribution in [0.5, 0.6) is 0 Å². The molecule has 1 aromatic heterocycles. The number of hydrogen-bond acceptors (Lipinski definition) is 4. The zero-order chi connectivity index (χ0) is 17.3. The molecule has 1 N–H and O–H groups in total. The highest BCUT2D eigenvalue weighted by molar-refractivity contribution is 6.33. The molecular formula is C17H19ClN4O2. The van der Waals surface area contributed by atoms with E-state index in [1.165, 1.54) is 11.8 Å². The van der Waals surface area contributed by atoms with E-state index >= 15 is 0 Å². The fraction of sp³-hybridized carbons (Fsp3) is 0.353. The Morgan fingerprint density at radius 2 is 2.04 bits per heavy atom. The first-order valence-electron chi connectivity index (χ1n) is 7.82. The molecule has 1 aliphatic heterocycles. The molecule has 1 fully saturated rings. The summed E-state index contributed by atoms with van der Waals surface area (Å²) < 4.78 is 0. The summed E-state index contributed by atoms with van der Waals surface area (Å²) in [6.45, 7) is 5.63. The average Bonchev–Trinajstić information content (AvgIpc) is 2.57. The smallest absolute Gasteiger partial charge is 0.285 e. The van der Waals surface area contributed by atoms with Crippen LogP contribution in [0.1, 0.15) is 18.1 Å². The van der Waals surface area contributed by atoms with Crippen LogP contribution in [0.25, 0.3) is 0 Å². The number of anilines is 1. The van der Waals surface area contributed by atoms with Crippen molar-refractivity contribution in [3.8, 4) is 0 Å². The van der Waals surface area contributed by atoms with Crippen molar-refractivity contribution in [2.45, 2.75) is 26.4 Å². The van der Waals surface area contributed by atoms with Gasteiger partial charge in [0.2, 0.25) is 5.91 Å². The van der Waals surface area contributed by atoms with Crippen LogP contribution in [0.3, 0.4) is 0 Å². The lowest BCUT2D eigenvalue weighted by Gasteiger charge is -2.40. The normalized spacial score (nSPS) is 18.1. The van der Waals surface area contributed by atoms with E-state index in [0.29, 0.717) is 25.3 Å². The number of aromatic nitrogens is 2. The lowest BCUT2D eigenvalue weighted by atomic mass is 10.1. The lowest BCUT2D eigenvalue weighted by molar-refractivity contribution is -0.134. The van der Waals surface area contributed by atoms with Gasteiger partial charge >= 0.3 is 0 Å². The summed E-state index contributed by atoms with van der Waals surface area (Å²) >= 11 is 6.08. The Kier molecular flexibility index (Phi) is 4.57. The summed E-state index contributed by atoms with van der Waals surface area (Å²) in [5, 5.41) is 6.15. The minimum absolute atomic E-state index is 0.0147. The molecule has 1 aromatic carbocycles. The number of hydrogen-bond donors (Lipinski definition) is 1. The molecule has 7 heteroatoms. The number of nitrogens with one attached hydrogen (secondary N) is 1. The SMILES string of the molecule is Cc1ccccc1CN1CCN(c2cn[nH]c(=O)c2Cl)[C@H](C)C1=O. The predicted molar refractivity (Wildman–Crippen MR) is 93.3 cm³/mol. The number of H-pyrrole nitrogens is 1. The van der Waals surface area contributed by atoms with Gasteiger partial charge in [0.1, 0.15) is 11.1 Å². The van der Waals surface area contributed by atoms with Crippen molar-refractivity contribution in [1.29, 1.82) is 0 Å². The zero-order valence-electron chi connectivity index (χ0n) is 13.6. The van der Waals surface area contributed by atoms with E-state index in [2.05, 4.69) is 10.2 Å². The minimum Gasteiger partial charge on any atom is -0.355 e. The number of halogens is 1. The molecule has 126 valence electrons. The maximum atomic E-state index is 12.8. The highest BCUT2D eigenvalue weighted by Crippen LogP contribution is 2.26. The molecule has 0 unspecified atom stereocenters. The van der Waals surface area contributed by atoms with Crippen LogP contribution < -0.4 is 10.5 Å². The van der Waals surface area contributed by atoms with Crippen LogP contribution in [0, 0.1) is 6.92 Å². The van der Waals surface area contributed by atoms with Gasteiger partial charge in [-0.15, -0.1) is 0 Å². The first kappa shape index (κ1) is 16.5. The number of aromatic amines is 1. The second-order valence-corrected chi connectivity index (χ2v) is 6.33. The molecule has 0 saturated carbocycles. The highest BCUT2D eigenvalue weighted by atomic mass is 35.5. The fourth-order valence-electron chi connectivity index (χ4n) is 2.98. The van der Waals surface area contributed by atoms with Gasteiger partial charge in [0.05, 0.1) is 11.9 Å². The third kappa shape index (κ3) is 3.01. The molecule has 24 heavy (non-hydrogen) atoms. The van der Waals surface area contributed by atoms with Crippen molar-refractivity contribution in [1.82, 2.24) is 15.1 Å². The predicted octanol–water partition coefficient (Wildman–Crippen LogP) is 1.97. The van der Waals surface area contributed by atoms with E-state index in [1.54, 1.807) is 0 Å². The molecule has 1 saturated heterocycles. The molecule has 0 aliphatic carbocycles. The van der Waals surface area contributed by atoms with E-state index < -0.39 is 11.6 Å². The van der Waals surface area contributed by atoms with Gasteiger partial charge in [0.25, 0.3) is 5.56 Å². The molecule has 1 amide bonds. The maximum Gasteiger partial charge on any atom is 0.285 e. The van der Waals surface area contributed by atoms with Gasteiger partial charge in [-0.25, -0.2) is 5.10 Å². The summed E-state index contributed by atoms with van der Waals surface area (Å²) in [6.07, 6.45) is 1.49. The Balaban J connectivity index is 1.80. The number of rotatable bonds is 3. The first-order valence-corrected chi connectivity index (χ1v) is 8.20. The van der Waals surface area contributed by atoms with Gasteiger partial charge in [0.15, 0.2) is 0 Å². The summed E-state index contributed by atoms with van der Waals surface area (Å²) in [6, 6.07) is 7.65. The van der Waals surface area contributed by atoms with Gasteiger partial charge in [-0.1, -0.05) is 35.9 Å². The standard InChI is InChI=1S/C17H19ClN4O2/c1-11-5-3-4-6-13(11)10-21-7-8-22(12(2)17(21)24)14-9-19-20-16(23)15(14)18/h3-6,9,12H,7-8,10H2,1-2H3,(H,20,23)/t12-/m1/s1. The third-order valence-electron chi connectivity index (χ3n) is 4.46. The largest absolute Gasteiger partial charge is 0.355 e. The van der Waals surface area contributed by atoms with E-state index in [4.69, 9.17) is 11.6 Å². The fourth-order valence-corrected chi connectivity index (χ4v) is 3.18. The van der Waals surface area contributed by atoms with Gasteiger partial charge < -0.3 is 9.80 Å². The van der Waals surface area contributed by atoms with Gasteiger partial charge in [-0.05, 0) is 25.0 Å². The van der Waals surface area contributed by atoms with Crippen LogP contribution in [0.15, 0.2) is 35.3 Å². The number of carbonyl (C=O) groups excluding carboxylic acids is 1. The van der Waals surface area contributed by atoms with Crippen molar-refractivity contribution >= 4 is 23.2 Å². The number of nitrogens with zero attached hydrogens (tertiary/aromatic N) is 3. The van der Waals surface area contributed by atoms with Crippen LogP contribution in [0.2, 0.25) is 5.02 Å². The van der Waals surface area contributed by atoms with E-state index in [0.717, 1.165) is 5.56 Å². The number of piperazine rings is 1. The monoisotopic (exact) mass is 346 g/mol. The summed E-state index contributed by atoms with van der Waals surface area (Å²) in [5.41, 5.74) is 2.36. The number of aryl methyl sites for hydroxylation is 1. The van der Waals surface area contributed by atoms with Crippen LogP contribution >= 0.6 is 11.6 Å². The molecule has 1 atom stereocenters. The number of amides is 1. The summed E-state index contributed by atoms with van der Waals surface area (Å²) in [4.78, 5) is 28.1. The Bertz CT molecular complexity index is 820. The van der Waals surface area contributed by atoms with Gasteiger partial charge in [-0.3, -0.25) is 9.59 Å². The number of benzene rings is 1. The molecule has 0 radical (unpaired) electrons. The topological polar surface area (TPSA) is 69.3 Å². The van der Waals surface area contributed by atoms with Crippen LogP contribution in [-0.4, -0.2) is 40.1 Å². The Hall–Kier alpha value is -2.34. The molecule has 3 rings (SSSR count). The second-order valence-electron chi connectivity index (χ2n) is 5.95. The van der Waals surface area contributed by atoms with Crippen molar-refractivity contribution in [3.05, 3.63) is 57.0 Å². The maximum absolute atomic E-state index is 12.8. The van der Waals surface area contributed by atoms with Crippen LogP contribution in [-0.2, 0) is 11.3 Å². The molecular weight excluding hydrogens is 328 g/mol. The van der Waals surface area contributed by atoms with Crippen molar-refractivity contribution in [3.63, 3.8) is 0 Å². The van der Waals surface area contributed by atoms with Crippen molar-refractivity contribution in [2.24, 2.45) is 0 Å². The number of carbonyl (C=O) groups is 1. The van der Waals surface area contributed by atoms with Crippen molar-refractivity contribution < 1.29 is 4.79 Å². The highest BCUT2D eigenvalue weighted by Gasteiger charge is 2.33. The quantitative estimate of drug-likeness (QED) is 0.922. The average molecular weight is 347 g/mol. The molecule has 2 aromatic rings. The second kappa shape index (κ2) is 6.65. The van der Waals surface area contributed by atoms with Gasteiger partial charge in [0, 0.05) is 19.6 Å². The Morgan fingerprint density at radius 1 is 1.29 bits per heavy atom. The third-order valence-corrected chi connectivity index (χ3v) is 4.82. The molecule has 0 bridgehead atoms. The minimum atomic E-state index is -0.448. The molecule has 0 spiro atoms.